The molecule has 1 aliphatic rings. The second-order valence-corrected chi connectivity index (χ2v) is 6.84. The van der Waals surface area contributed by atoms with E-state index in [-0.39, 0.29) is 12.7 Å². The lowest BCUT2D eigenvalue weighted by molar-refractivity contribution is -0.139. The molecule has 0 saturated carbocycles. The lowest BCUT2D eigenvalue weighted by atomic mass is 9.95. The Morgan fingerprint density at radius 2 is 2.00 bits per heavy atom. The van der Waals surface area contributed by atoms with Gasteiger partial charge in [0.2, 0.25) is 0 Å². The third kappa shape index (κ3) is 4.30. The first-order chi connectivity index (χ1) is 12.3. The number of methoxy groups -OCH3 is 1. The van der Waals surface area contributed by atoms with Crippen molar-refractivity contribution in [2.24, 2.45) is 0 Å². The van der Waals surface area contributed by atoms with Crippen LogP contribution in [0.15, 0.2) is 27.9 Å². The fourth-order valence-electron chi connectivity index (χ4n) is 2.68. The predicted octanol–water partition coefficient (Wildman–Crippen LogP) is 3.44. The van der Waals surface area contributed by atoms with E-state index in [1.54, 1.807) is 26.0 Å². The van der Waals surface area contributed by atoms with E-state index in [1.807, 2.05) is 13.8 Å². The van der Waals surface area contributed by atoms with Gasteiger partial charge < -0.3 is 24.8 Å². The third-order valence-electron chi connectivity index (χ3n) is 3.72. The molecule has 0 aromatic heterocycles. The van der Waals surface area contributed by atoms with Crippen molar-refractivity contribution in [2.45, 2.75) is 39.8 Å². The Kier molecular flexibility index (Phi) is 6.52. The van der Waals surface area contributed by atoms with Crippen LogP contribution in [0, 0.1) is 0 Å². The highest BCUT2D eigenvalue weighted by Gasteiger charge is 2.34. The molecule has 8 heteroatoms. The van der Waals surface area contributed by atoms with Crippen molar-refractivity contribution in [2.75, 3.05) is 13.7 Å². The van der Waals surface area contributed by atoms with Crippen molar-refractivity contribution in [3.05, 3.63) is 33.4 Å². The van der Waals surface area contributed by atoms with Gasteiger partial charge in [-0.25, -0.2) is 9.59 Å². The van der Waals surface area contributed by atoms with Crippen molar-refractivity contribution in [3.8, 4) is 11.5 Å². The topological polar surface area (TPSA) is 85.9 Å². The Morgan fingerprint density at radius 3 is 2.58 bits per heavy atom. The molecule has 0 spiro atoms. The molecule has 2 amide bonds. The van der Waals surface area contributed by atoms with E-state index in [0.29, 0.717) is 32.8 Å². The molecule has 1 atom stereocenters. The standard InChI is InChI=1S/C18H23BrN2O5/c1-6-25-17(22)15-10(4)20-18(23)21-16(15)11-7-13(24-5)14(8-12(11)19)26-9(2)3/h7-9,16H,6H2,1-5H3,(H2,20,21,23). The molecular formula is C18H23BrN2O5. The highest BCUT2D eigenvalue weighted by atomic mass is 79.9. The van der Waals surface area contributed by atoms with Gasteiger partial charge in [0.05, 0.1) is 31.4 Å². The molecule has 142 valence electrons. The summed E-state index contributed by atoms with van der Waals surface area (Å²) >= 11 is 3.51. The molecule has 1 aliphatic heterocycles. The number of esters is 1. The third-order valence-corrected chi connectivity index (χ3v) is 4.41. The average Bonchev–Trinajstić information content (AvgIpc) is 2.53. The summed E-state index contributed by atoms with van der Waals surface area (Å²) in [5.74, 6) is 0.582. The number of rotatable bonds is 6. The predicted molar refractivity (Wildman–Crippen MR) is 100 cm³/mol. The van der Waals surface area contributed by atoms with Crippen LogP contribution in [0.1, 0.15) is 39.3 Å². The normalized spacial score (nSPS) is 16.9. The lowest BCUT2D eigenvalue weighted by Gasteiger charge is -2.29. The molecule has 2 N–H and O–H groups in total. The van der Waals surface area contributed by atoms with Crippen molar-refractivity contribution < 1.29 is 23.8 Å². The Labute approximate surface area is 161 Å². The van der Waals surface area contributed by atoms with E-state index in [4.69, 9.17) is 14.2 Å². The molecule has 1 unspecified atom stereocenters. The number of hydrogen-bond donors (Lipinski definition) is 2. The SMILES string of the molecule is CCOC(=O)C1=C(C)NC(=O)NC1c1cc(OC)c(OC(C)C)cc1Br. The molecule has 26 heavy (non-hydrogen) atoms. The number of urea groups is 1. The van der Waals surface area contributed by atoms with Crippen LogP contribution in [0.2, 0.25) is 0 Å². The van der Waals surface area contributed by atoms with Gasteiger partial charge >= 0.3 is 12.0 Å². The van der Waals surface area contributed by atoms with Gasteiger partial charge in [-0.15, -0.1) is 0 Å². The van der Waals surface area contributed by atoms with E-state index in [9.17, 15) is 9.59 Å². The number of ether oxygens (including phenoxy) is 3. The van der Waals surface area contributed by atoms with E-state index in [1.165, 1.54) is 7.11 Å². The summed E-state index contributed by atoms with van der Waals surface area (Å²) in [6.45, 7) is 7.47. The summed E-state index contributed by atoms with van der Waals surface area (Å²) in [5, 5.41) is 5.38. The highest BCUT2D eigenvalue weighted by molar-refractivity contribution is 9.10. The maximum absolute atomic E-state index is 12.4. The van der Waals surface area contributed by atoms with Gasteiger partial charge in [-0.05, 0) is 45.4 Å². The molecular weight excluding hydrogens is 404 g/mol. The van der Waals surface area contributed by atoms with E-state index in [0.717, 1.165) is 0 Å². The zero-order chi connectivity index (χ0) is 19.4. The van der Waals surface area contributed by atoms with Crippen molar-refractivity contribution >= 4 is 27.9 Å². The summed E-state index contributed by atoms with van der Waals surface area (Å²) < 4.78 is 17.0. The quantitative estimate of drug-likeness (QED) is 0.680. The van der Waals surface area contributed by atoms with Crippen molar-refractivity contribution in [3.63, 3.8) is 0 Å². The average molecular weight is 427 g/mol. The van der Waals surface area contributed by atoms with Crippen molar-refractivity contribution in [1.29, 1.82) is 0 Å². The van der Waals surface area contributed by atoms with Gasteiger partial charge in [-0.1, -0.05) is 15.9 Å². The summed E-state index contributed by atoms with van der Waals surface area (Å²) in [4.78, 5) is 24.4. The fraction of sp³-hybridized carbons (Fsp3) is 0.444. The van der Waals surface area contributed by atoms with Crippen LogP contribution in [0.25, 0.3) is 0 Å². The number of hydrogen-bond acceptors (Lipinski definition) is 5. The Balaban J connectivity index is 2.54. The van der Waals surface area contributed by atoms with Gasteiger partial charge in [0.15, 0.2) is 11.5 Å². The second kappa shape index (κ2) is 8.44. The molecule has 2 rings (SSSR count). The number of carbonyl (C=O) groups is 2. The first-order valence-electron chi connectivity index (χ1n) is 8.27. The van der Waals surface area contributed by atoms with Gasteiger partial charge in [0, 0.05) is 10.2 Å². The minimum absolute atomic E-state index is 0.0301. The Hall–Kier alpha value is -2.22. The Bertz CT molecular complexity index is 745. The van der Waals surface area contributed by atoms with Gasteiger partial charge in [-0.3, -0.25) is 0 Å². The first-order valence-corrected chi connectivity index (χ1v) is 9.07. The smallest absolute Gasteiger partial charge is 0.338 e. The molecule has 1 aromatic carbocycles. The highest BCUT2D eigenvalue weighted by Crippen LogP contribution is 2.40. The number of benzene rings is 1. The monoisotopic (exact) mass is 426 g/mol. The summed E-state index contributed by atoms with van der Waals surface area (Å²) in [6, 6.07) is 2.43. The zero-order valence-electron chi connectivity index (χ0n) is 15.4. The molecule has 0 saturated heterocycles. The molecule has 7 nitrogen and oxygen atoms in total. The van der Waals surface area contributed by atoms with E-state index in [2.05, 4.69) is 26.6 Å². The first kappa shape index (κ1) is 20.1. The fourth-order valence-corrected chi connectivity index (χ4v) is 3.24. The van der Waals surface area contributed by atoms with Gasteiger partial charge in [-0.2, -0.15) is 0 Å². The second-order valence-electron chi connectivity index (χ2n) is 5.98. The number of allylic oxidation sites excluding steroid dienone is 1. The molecule has 1 heterocycles. The number of amides is 2. The summed E-state index contributed by atoms with van der Waals surface area (Å²) in [6.07, 6.45) is -0.0301. The van der Waals surface area contributed by atoms with Gasteiger partial charge in [0.25, 0.3) is 0 Å². The van der Waals surface area contributed by atoms with E-state index >= 15 is 0 Å². The zero-order valence-corrected chi connectivity index (χ0v) is 17.0. The van der Waals surface area contributed by atoms with Crippen LogP contribution < -0.4 is 20.1 Å². The summed E-state index contributed by atoms with van der Waals surface area (Å²) in [7, 11) is 1.54. The molecule has 0 fully saturated rings. The molecule has 1 aromatic rings. The molecule has 0 bridgehead atoms. The van der Waals surface area contributed by atoms with Crippen LogP contribution >= 0.6 is 15.9 Å². The summed E-state index contributed by atoms with van der Waals surface area (Å²) in [5.41, 5.74) is 1.45. The van der Waals surface area contributed by atoms with Crippen LogP contribution in [0.3, 0.4) is 0 Å². The minimum Gasteiger partial charge on any atom is -0.493 e. The minimum atomic E-state index is -0.681. The molecule has 0 aliphatic carbocycles. The molecule has 0 radical (unpaired) electrons. The van der Waals surface area contributed by atoms with Crippen molar-refractivity contribution in [1.82, 2.24) is 10.6 Å². The maximum Gasteiger partial charge on any atom is 0.338 e. The Morgan fingerprint density at radius 1 is 1.31 bits per heavy atom. The lowest BCUT2D eigenvalue weighted by Crippen LogP contribution is -2.45. The van der Waals surface area contributed by atoms with Crippen LogP contribution in [-0.2, 0) is 9.53 Å². The number of carbonyl (C=O) groups excluding carboxylic acids is 2. The number of halogens is 1. The largest absolute Gasteiger partial charge is 0.493 e. The number of nitrogens with one attached hydrogen (secondary N) is 2. The van der Waals surface area contributed by atoms with Crippen LogP contribution in [0.5, 0.6) is 11.5 Å². The van der Waals surface area contributed by atoms with Crippen LogP contribution in [-0.4, -0.2) is 31.8 Å². The van der Waals surface area contributed by atoms with Gasteiger partial charge in [0.1, 0.15) is 0 Å². The van der Waals surface area contributed by atoms with E-state index < -0.39 is 18.0 Å². The maximum atomic E-state index is 12.4. The van der Waals surface area contributed by atoms with Crippen LogP contribution in [0.4, 0.5) is 4.79 Å².